The number of nitrogens with zero attached hydrogens (tertiary/aromatic N) is 4. The van der Waals surface area contributed by atoms with Gasteiger partial charge in [-0.2, -0.15) is 23.4 Å². The molecule has 3 N–H and O–H groups in total. The fourth-order valence-corrected chi connectivity index (χ4v) is 5.18. The second-order valence-corrected chi connectivity index (χ2v) is 10.4. The summed E-state index contributed by atoms with van der Waals surface area (Å²) in [5.41, 5.74) is 0.469. The second kappa shape index (κ2) is 13.1. The van der Waals surface area contributed by atoms with E-state index in [2.05, 4.69) is 21.5 Å². The van der Waals surface area contributed by atoms with Gasteiger partial charge in [-0.3, -0.25) is 9.59 Å². The third kappa shape index (κ3) is 7.79. The normalized spacial score (nSPS) is 18.8. The third-order valence-corrected chi connectivity index (χ3v) is 7.28. The predicted octanol–water partition coefficient (Wildman–Crippen LogP) is 5.99. The number of piperidine rings is 1. The highest BCUT2D eigenvalue weighted by molar-refractivity contribution is 5.71. The lowest BCUT2D eigenvalue weighted by molar-refractivity contribution is -0.141. The van der Waals surface area contributed by atoms with Crippen molar-refractivity contribution in [2.75, 3.05) is 23.3 Å². The summed E-state index contributed by atoms with van der Waals surface area (Å²) in [6.45, 7) is 2.07. The Bertz CT molecular complexity index is 1510. The maximum atomic E-state index is 13.9. The summed E-state index contributed by atoms with van der Waals surface area (Å²) in [6, 6.07) is 10.4. The van der Waals surface area contributed by atoms with Crippen molar-refractivity contribution >= 4 is 23.3 Å². The highest BCUT2D eigenvalue weighted by Crippen LogP contribution is 2.39. The van der Waals surface area contributed by atoms with Crippen LogP contribution < -0.4 is 10.2 Å². The van der Waals surface area contributed by atoms with Crippen LogP contribution in [0.25, 0.3) is 22.8 Å². The zero-order chi connectivity index (χ0) is 31.3. The minimum Gasteiger partial charge on any atom is -0.481 e. The van der Waals surface area contributed by atoms with E-state index in [1.54, 1.807) is 18.2 Å². The van der Waals surface area contributed by atoms with Gasteiger partial charge < -0.3 is 25.0 Å². The van der Waals surface area contributed by atoms with Gasteiger partial charge in [0.1, 0.15) is 12.2 Å². The molecule has 228 valence electrons. The Hall–Kier alpha value is -4.67. The van der Waals surface area contributed by atoms with Crippen LogP contribution in [0.15, 0.2) is 40.9 Å². The molecule has 1 saturated carbocycles. The van der Waals surface area contributed by atoms with Gasteiger partial charge in [0.2, 0.25) is 5.82 Å². The molecule has 1 saturated heterocycles. The number of nitrogens with one attached hydrogen (secondary N) is 1. The number of benzene rings is 2. The van der Waals surface area contributed by atoms with Crippen molar-refractivity contribution in [1.29, 1.82) is 5.26 Å². The Kier molecular flexibility index (Phi) is 9.53. The number of hydrogen-bond donors (Lipinski definition) is 3. The minimum absolute atomic E-state index is 0.0388. The van der Waals surface area contributed by atoms with Crippen molar-refractivity contribution in [1.82, 2.24) is 10.1 Å². The number of nitriles is 1. The Labute approximate surface area is 243 Å². The quantitative estimate of drug-likeness (QED) is 0.287. The van der Waals surface area contributed by atoms with Crippen LogP contribution in [0.4, 0.5) is 28.9 Å². The monoisotopic (exact) mass is 603 g/mol. The molecule has 2 aromatic carbocycles. The number of carboxylic acids is 2. The van der Waals surface area contributed by atoms with Gasteiger partial charge in [-0.25, -0.2) is 4.39 Å². The summed E-state index contributed by atoms with van der Waals surface area (Å²) in [5, 5.41) is 33.0. The van der Waals surface area contributed by atoms with Crippen LogP contribution in [0.2, 0.25) is 0 Å². The topological polar surface area (TPSA) is 153 Å². The standard InChI is InChI=1S/C27H25F4N5O3.C2H4O2/c28-19-7-9-36(10-8-19)23-6-3-16(11-18(23)14-32)25-34-24(35-39-25)15-2-5-22(21(13-15)27(29,30)31)33-20-4-1-17(12-20)26(37)38;1-2(3)4/h2-3,5-6,11,13,17,19-20,33H,1,4,7-10,12H2,(H,37,38);1H3,(H,3,4)/t17-,20+;/m0./s1. The van der Waals surface area contributed by atoms with Crippen molar-refractivity contribution in [3.8, 4) is 28.9 Å². The van der Waals surface area contributed by atoms with Crippen molar-refractivity contribution in [3.05, 3.63) is 47.5 Å². The summed E-state index contributed by atoms with van der Waals surface area (Å²) in [6.07, 6.45) is -3.64. The van der Waals surface area contributed by atoms with E-state index in [1.165, 1.54) is 12.1 Å². The lowest BCUT2D eigenvalue weighted by Crippen LogP contribution is -2.34. The Morgan fingerprint density at radius 1 is 1.07 bits per heavy atom. The second-order valence-electron chi connectivity index (χ2n) is 10.4. The molecule has 1 aliphatic carbocycles. The van der Waals surface area contributed by atoms with E-state index in [9.17, 15) is 32.7 Å². The summed E-state index contributed by atoms with van der Waals surface area (Å²) in [4.78, 5) is 26.4. The molecule has 14 heteroatoms. The molecule has 5 rings (SSSR count). The number of aromatic nitrogens is 2. The molecule has 0 unspecified atom stereocenters. The molecule has 3 aromatic rings. The van der Waals surface area contributed by atoms with Crippen molar-refractivity contribution in [3.63, 3.8) is 0 Å². The third-order valence-electron chi connectivity index (χ3n) is 7.28. The van der Waals surface area contributed by atoms with E-state index in [0.717, 1.165) is 13.0 Å². The van der Waals surface area contributed by atoms with Crippen LogP contribution in [0.5, 0.6) is 0 Å². The lowest BCUT2D eigenvalue weighted by atomic mass is 10.0. The van der Waals surface area contributed by atoms with Gasteiger partial charge >= 0.3 is 12.1 Å². The van der Waals surface area contributed by atoms with Crippen LogP contribution in [0.3, 0.4) is 0 Å². The Morgan fingerprint density at radius 2 is 1.74 bits per heavy atom. The average molecular weight is 604 g/mol. The number of rotatable bonds is 6. The first-order valence-electron chi connectivity index (χ1n) is 13.5. The zero-order valence-electron chi connectivity index (χ0n) is 23.1. The van der Waals surface area contributed by atoms with Crippen LogP contribution in [-0.4, -0.2) is 57.6 Å². The minimum atomic E-state index is -4.68. The molecule has 1 aromatic heterocycles. The maximum Gasteiger partial charge on any atom is 0.418 e. The molecule has 1 aliphatic heterocycles. The molecule has 43 heavy (non-hydrogen) atoms. The van der Waals surface area contributed by atoms with E-state index in [4.69, 9.17) is 14.4 Å². The molecule has 10 nitrogen and oxygen atoms in total. The number of carbonyl (C=O) groups is 2. The first kappa shape index (κ1) is 31.3. The van der Waals surface area contributed by atoms with Crippen LogP contribution in [0, 0.1) is 17.2 Å². The number of hydrogen-bond acceptors (Lipinski definition) is 8. The fourth-order valence-electron chi connectivity index (χ4n) is 5.18. The summed E-state index contributed by atoms with van der Waals surface area (Å²) in [5.74, 6) is -2.37. The largest absolute Gasteiger partial charge is 0.481 e. The number of halogens is 4. The van der Waals surface area contributed by atoms with Gasteiger partial charge in [0, 0.05) is 42.9 Å². The highest BCUT2D eigenvalue weighted by atomic mass is 19.4. The van der Waals surface area contributed by atoms with E-state index in [-0.39, 0.29) is 35.4 Å². The number of anilines is 2. The van der Waals surface area contributed by atoms with Crippen molar-refractivity contribution < 1.29 is 41.9 Å². The van der Waals surface area contributed by atoms with E-state index >= 15 is 0 Å². The molecular weight excluding hydrogens is 574 g/mol. The smallest absolute Gasteiger partial charge is 0.418 e. The first-order chi connectivity index (χ1) is 20.3. The molecule has 2 atom stereocenters. The number of aliphatic carboxylic acids is 2. The zero-order valence-corrected chi connectivity index (χ0v) is 23.1. The SMILES string of the molecule is CC(=O)O.N#Cc1cc(-c2nc(-c3ccc(N[C@@H]4CC[C@H](C(=O)O)C4)c(C(F)(F)F)c3)no2)ccc1N1CCC(F)CC1. The first-order valence-corrected chi connectivity index (χ1v) is 13.5. The van der Waals surface area contributed by atoms with E-state index < -0.39 is 35.8 Å². The Morgan fingerprint density at radius 3 is 2.35 bits per heavy atom. The maximum absolute atomic E-state index is 13.9. The highest BCUT2D eigenvalue weighted by Gasteiger charge is 2.36. The van der Waals surface area contributed by atoms with Gasteiger partial charge in [0.15, 0.2) is 0 Å². The number of carboxylic acid groups (broad SMARTS) is 2. The molecular formula is C29H29F4N5O5. The summed E-state index contributed by atoms with van der Waals surface area (Å²) in [7, 11) is 0. The summed E-state index contributed by atoms with van der Waals surface area (Å²) >= 11 is 0. The molecule has 2 fully saturated rings. The van der Waals surface area contributed by atoms with Crippen molar-refractivity contribution in [2.24, 2.45) is 5.92 Å². The molecule has 2 heterocycles. The van der Waals surface area contributed by atoms with Crippen LogP contribution in [-0.2, 0) is 15.8 Å². The van der Waals surface area contributed by atoms with Gasteiger partial charge in [-0.1, -0.05) is 5.16 Å². The lowest BCUT2D eigenvalue weighted by Gasteiger charge is -2.31. The average Bonchev–Trinajstić information content (AvgIpc) is 3.63. The molecule has 2 aliphatic rings. The predicted molar refractivity (Wildman–Crippen MR) is 147 cm³/mol. The van der Waals surface area contributed by atoms with Crippen LogP contribution in [0.1, 0.15) is 50.2 Å². The number of alkyl halides is 4. The molecule has 0 bridgehead atoms. The van der Waals surface area contributed by atoms with Gasteiger partial charge in [0.05, 0.1) is 22.7 Å². The van der Waals surface area contributed by atoms with E-state index in [0.29, 0.717) is 55.6 Å². The van der Waals surface area contributed by atoms with Gasteiger partial charge in [-0.05, 0) is 68.5 Å². The van der Waals surface area contributed by atoms with E-state index in [1.807, 2.05) is 4.90 Å². The fraction of sp³-hybridized carbons (Fsp3) is 0.414. The summed E-state index contributed by atoms with van der Waals surface area (Å²) < 4.78 is 60.6. The Balaban J connectivity index is 0.000000996. The molecule has 0 amide bonds. The van der Waals surface area contributed by atoms with Gasteiger partial charge in [-0.15, -0.1) is 0 Å². The van der Waals surface area contributed by atoms with Crippen molar-refractivity contribution in [2.45, 2.75) is 57.4 Å². The molecule has 0 radical (unpaired) electrons. The van der Waals surface area contributed by atoms with Crippen LogP contribution >= 0.6 is 0 Å². The van der Waals surface area contributed by atoms with Gasteiger partial charge in [0.25, 0.3) is 11.9 Å². The molecule has 0 spiro atoms.